The molecular weight excluding hydrogens is 971 g/mol. The quantitative estimate of drug-likeness (QED) is 0.0885. The maximum atomic E-state index is 14.2. The van der Waals surface area contributed by atoms with Gasteiger partial charge in [-0.05, 0) is 46.2 Å². The largest absolute Gasteiger partial charge is 0.506 e. The second kappa shape index (κ2) is 16.7. The van der Waals surface area contributed by atoms with Gasteiger partial charge in [-0.2, -0.15) is 0 Å². The van der Waals surface area contributed by atoms with Gasteiger partial charge in [0.25, 0.3) is 5.79 Å². The highest BCUT2D eigenvalue weighted by Gasteiger charge is 2.81. The molecule has 1 saturated carbocycles. The number of hydrogen-bond donors (Lipinski definition) is 5. The first-order chi connectivity index (χ1) is 30.4. The second-order valence-electron chi connectivity index (χ2n) is 18.8. The Morgan fingerprint density at radius 1 is 1.00 bits per heavy atom. The second-order valence-corrected chi connectivity index (χ2v) is 20.1. The van der Waals surface area contributed by atoms with Crippen LogP contribution in [0.4, 0.5) is 0 Å². The summed E-state index contributed by atoms with van der Waals surface area (Å²) in [5.41, 5.74) is -4.12. The summed E-state index contributed by atoms with van der Waals surface area (Å²) in [6, 6.07) is 1.75. The van der Waals surface area contributed by atoms with Crippen molar-refractivity contribution in [3.8, 4) is 17.2 Å². The molecule has 5 N–H and O–H groups in total. The molecule has 4 fully saturated rings. The van der Waals surface area contributed by atoms with E-state index in [1.54, 1.807) is 26.8 Å². The molecule has 19 nitrogen and oxygen atoms in total. The number of aromatic hydroxyl groups is 1. The van der Waals surface area contributed by atoms with E-state index in [0.29, 0.717) is 11.1 Å². The summed E-state index contributed by atoms with van der Waals surface area (Å²) in [4.78, 5) is 38.9. The van der Waals surface area contributed by atoms with Gasteiger partial charge >= 0.3 is 5.97 Å². The van der Waals surface area contributed by atoms with Crippen molar-refractivity contribution < 1.29 is 92.0 Å². The molecule has 4 heterocycles. The number of aliphatic hydroxyl groups excluding tert-OH is 1. The molecule has 0 amide bonds. The molecule has 6 aliphatic rings. The average molecular weight is 1030 g/mol. The summed E-state index contributed by atoms with van der Waals surface area (Å²) >= 11 is 2.15. The number of fused-ring (bicyclic) bond motifs is 6. The van der Waals surface area contributed by atoms with Crippen LogP contribution >= 0.6 is 22.6 Å². The van der Waals surface area contributed by atoms with Gasteiger partial charge in [-0.15, -0.1) is 0 Å². The molecule has 2 aromatic carbocycles. The molecule has 8 rings (SSSR count). The fourth-order valence-electron chi connectivity index (χ4n) is 11.7. The lowest BCUT2D eigenvalue weighted by atomic mass is 9.57. The molecule has 12 unspecified atom stereocenters. The Kier molecular flexibility index (Phi) is 12.5. The van der Waals surface area contributed by atoms with E-state index < -0.39 is 123 Å². The van der Waals surface area contributed by atoms with Crippen LogP contribution in [0.1, 0.15) is 97.9 Å². The maximum Gasteiger partial charge on any atom is 0.303 e. The van der Waals surface area contributed by atoms with Crippen molar-refractivity contribution in [3.05, 3.63) is 28.3 Å². The van der Waals surface area contributed by atoms with Crippen molar-refractivity contribution in [2.45, 2.75) is 150 Å². The van der Waals surface area contributed by atoms with Crippen LogP contribution in [-0.4, -0.2) is 150 Å². The van der Waals surface area contributed by atoms with Crippen LogP contribution in [0.2, 0.25) is 0 Å². The summed E-state index contributed by atoms with van der Waals surface area (Å²) < 4.78 is 67.8. The van der Waals surface area contributed by atoms with Gasteiger partial charge in [-0.25, -0.2) is 0 Å². The van der Waals surface area contributed by atoms with Crippen molar-refractivity contribution in [2.24, 2.45) is 17.3 Å². The highest BCUT2D eigenvalue weighted by atomic mass is 127. The zero-order valence-corrected chi connectivity index (χ0v) is 40.3. The number of aliphatic hydroxyl groups is 4. The summed E-state index contributed by atoms with van der Waals surface area (Å²) in [7, 11) is 5.45. The number of rotatable bonds is 12. The zero-order valence-electron chi connectivity index (χ0n) is 38.2. The van der Waals surface area contributed by atoms with Gasteiger partial charge in [-0.1, -0.05) is 29.5 Å². The Hall–Kier alpha value is -2.84. The number of aryl methyl sites for hydroxylation is 1. The van der Waals surface area contributed by atoms with Gasteiger partial charge < -0.3 is 77.6 Å². The molecule has 20 heteroatoms. The third kappa shape index (κ3) is 6.82. The van der Waals surface area contributed by atoms with E-state index in [0.717, 1.165) is 0 Å². The first-order valence-electron chi connectivity index (χ1n) is 21.6. The number of carbonyl (C=O) groups is 3. The Balaban J connectivity index is 1.30. The van der Waals surface area contributed by atoms with Crippen LogP contribution in [0.25, 0.3) is 10.8 Å². The molecule has 360 valence electrons. The highest BCUT2D eigenvalue weighted by Crippen LogP contribution is 2.67. The van der Waals surface area contributed by atoms with E-state index >= 15 is 0 Å². The van der Waals surface area contributed by atoms with E-state index in [9.17, 15) is 39.9 Å². The van der Waals surface area contributed by atoms with E-state index in [-0.39, 0.29) is 59.3 Å². The molecule has 0 spiro atoms. The lowest BCUT2D eigenvalue weighted by Crippen LogP contribution is -2.68. The number of Topliss-reactive ketones (excluding diaryl/α,β-unsaturated/α-hetero) is 2. The third-order valence-corrected chi connectivity index (χ3v) is 16.1. The minimum Gasteiger partial charge on any atom is -0.506 e. The number of halogens is 1. The van der Waals surface area contributed by atoms with Crippen molar-refractivity contribution >= 4 is 50.9 Å². The van der Waals surface area contributed by atoms with Crippen molar-refractivity contribution in [1.82, 2.24) is 0 Å². The van der Waals surface area contributed by atoms with Crippen LogP contribution in [0, 0.1) is 24.2 Å². The SMILES string of the molecule is COC[C@@]1(C)C(O)(C(OC)OC)OC2C(I)c3c(C)cc4c(OC)c5c(c(O)c4c3O[C@]21OC1CC2C(O1)C(C)C2(O)C(C)=O)C(=O)[C@@H](O)C[C@@H]5OC1CC(C)(O)C(OC(C)=O)C(C)O1. The predicted octanol–water partition coefficient (Wildman–Crippen LogP) is 3.33. The maximum absolute atomic E-state index is 14.2. The van der Waals surface area contributed by atoms with Crippen LogP contribution < -0.4 is 9.47 Å². The smallest absolute Gasteiger partial charge is 0.303 e. The number of ether oxygens (including phenoxy) is 11. The molecule has 0 radical (unpaired) electrons. The Morgan fingerprint density at radius 3 is 2.26 bits per heavy atom. The minimum absolute atomic E-state index is 0.00240. The number of phenols is 1. The van der Waals surface area contributed by atoms with E-state index in [1.165, 1.54) is 49.2 Å². The number of hydrogen-bond acceptors (Lipinski definition) is 19. The average Bonchev–Trinajstić information content (AvgIpc) is 3.70. The molecular formula is C45H59IO19. The van der Waals surface area contributed by atoms with E-state index in [4.69, 9.17) is 52.1 Å². The number of alkyl halides is 1. The van der Waals surface area contributed by atoms with E-state index in [1.807, 2.05) is 6.92 Å². The van der Waals surface area contributed by atoms with Gasteiger partial charge in [0.2, 0.25) is 12.1 Å². The number of phenolic OH excluding ortho intramolecular Hbond substituents is 1. The van der Waals surface area contributed by atoms with Gasteiger partial charge in [0.1, 0.15) is 46.1 Å². The van der Waals surface area contributed by atoms with Crippen LogP contribution in [0.3, 0.4) is 0 Å². The van der Waals surface area contributed by atoms with Crippen molar-refractivity contribution in [2.75, 3.05) is 35.0 Å². The number of esters is 1. The summed E-state index contributed by atoms with van der Waals surface area (Å²) in [5, 5.41) is 60.0. The molecule has 4 aliphatic heterocycles. The number of ketones is 2. The molecule has 2 aliphatic carbocycles. The van der Waals surface area contributed by atoms with Gasteiger partial charge in [0.15, 0.2) is 30.3 Å². The summed E-state index contributed by atoms with van der Waals surface area (Å²) in [6.45, 7) is 10.5. The fourth-order valence-corrected chi connectivity index (χ4v) is 13.1. The Morgan fingerprint density at radius 2 is 1.68 bits per heavy atom. The van der Waals surface area contributed by atoms with Crippen LogP contribution in [0.5, 0.6) is 17.2 Å². The minimum atomic E-state index is -2.37. The summed E-state index contributed by atoms with van der Waals surface area (Å²) in [5.74, 6) is -7.96. The lowest BCUT2D eigenvalue weighted by Gasteiger charge is -2.51. The topological polar surface area (TPSA) is 254 Å². The molecule has 16 atom stereocenters. The molecule has 0 bridgehead atoms. The van der Waals surface area contributed by atoms with Gasteiger partial charge in [0.05, 0.1) is 46.9 Å². The van der Waals surface area contributed by atoms with Crippen LogP contribution in [-0.2, 0) is 52.2 Å². The number of benzene rings is 2. The molecule has 3 saturated heterocycles. The van der Waals surface area contributed by atoms with E-state index in [2.05, 4.69) is 22.6 Å². The number of methoxy groups -OCH3 is 4. The summed E-state index contributed by atoms with van der Waals surface area (Å²) in [6.07, 6.45) is -10.5. The molecule has 0 aromatic heterocycles. The van der Waals surface area contributed by atoms with Crippen LogP contribution in [0.15, 0.2) is 6.07 Å². The number of carbonyl (C=O) groups excluding carboxylic acids is 3. The first kappa shape index (κ1) is 48.6. The van der Waals surface area contributed by atoms with Crippen molar-refractivity contribution in [3.63, 3.8) is 0 Å². The van der Waals surface area contributed by atoms with Gasteiger partial charge in [-0.3, -0.25) is 14.4 Å². The fraction of sp³-hybridized carbons (Fsp3) is 0.711. The first-order valence-corrected chi connectivity index (χ1v) is 22.8. The monoisotopic (exact) mass is 1030 g/mol. The zero-order chi connectivity index (χ0) is 47.7. The molecule has 65 heavy (non-hydrogen) atoms. The molecule has 2 aromatic rings. The Bertz CT molecular complexity index is 2270. The normalized spacial score (nSPS) is 41.9. The Labute approximate surface area is 389 Å². The highest BCUT2D eigenvalue weighted by molar-refractivity contribution is 14.1. The third-order valence-electron chi connectivity index (χ3n) is 14.9. The van der Waals surface area contributed by atoms with Gasteiger partial charge in [0, 0.05) is 75.9 Å². The predicted molar refractivity (Wildman–Crippen MR) is 231 cm³/mol. The standard InChI is InChI=1S/C45H59IO19/c1-17-12-22-29(34(51)31-30(36(22)56-9)25(14-24(49)33(31)50)61-27-15-41(6,52)38(19(3)59-27)60-21(5)48)37-28(17)32(46)39-45(64-37,42(7,16-55-8)44(54,65-39)40(57-10)58-11)63-26-13-23-35(62-26)18(2)43(23,53)20(4)47/h12,18-19,23-27,32,35,38-40,49,51-54H,13-16H2,1-11H3/t18?,19?,23?,24-,25-,26?,27?,32?,35?,38?,39?,41?,42-,43?,44?,45+/m0/s1. The lowest BCUT2D eigenvalue weighted by molar-refractivity contribution is -0.370. The van der Waals surface area contributed by atoms with Crippen molar-refractivity contribution in [1.29, 1.82) is 0 Å².